The number of rotatable bonds is 4. The van der Waals surface area contributed by atoms with E-state index in [4.69, 9.17) is 14.3 Å². The van der Waals surface area contributed by atoms with Gasteiger partial charge in [-0.05, 0) is 32.8 Å². The first-order valence-corrected chi connectivity index (χ1v) is 6.21. The summed E-state index contributed by atoms with van der Waals surface area (Å²) >= 11 is 0. The predicted molar refractivity (Wildman–Crippen MR) is 66.0 cm³/mol. The van der Waals surface area contributed by atoms with Gasteiger partial charge in [-0.15, -0.1) is 0 Å². The van der Waals surface area contributed by atoms with Crippen molar-refractivity contribution < 1.29 is 23.8 Å². The third-order valence-corrected chi connectivity index (χ3v) is 3.16. The lowest BCUT2D eigenvalue weighted by molar-refractivity contribution is -0.149. The van der Waals surface area contributed by atoms with Gasteiger partial charge in [-0.3, -0.25) is 4.79 Å². The topological polar surface area (TPSA) is 88.8 Å². The van der Waals surface area contributed by atoms with Crippen LogP contribution in [0.1, 0.15) is 34.7 Å². The highest BCUT2D eigenvalue weighted by molar-refractivity contribution is 5.95. The van der Waals surface area contributed by atoms with E-state index < -0.39 is 12.1 Å². The largest absolute Gasteiger partial charge is 0.479 e. The number of furan rings is 1. The molecule has 1 aliphatic rings. The average Bonchev–Trinajstić information content (AvgIpc) is 2.93. The molecule has 1 amide bonds. The first-order chi connectivity index (χ1) is 8.97. The highest BCUT2D eigenvalue weighted by Gasteiger charge is 2.30. The maximum Gasteiger partial charge on any atom is 0.332 e. The van der Waals surface area contributed by atoms with Gasteiger partial charge in [-0.25, -0.2) is 4.79 Å². The van der Waals surface area contributed by atoms with Gasteiger partial charge in [0.15, 0.2) is 6.10 Å². The lowest BCUT2D eigenvalue weighted by Crippen LogP contribution is -2.33. The van der Waals surface area contributed by atoms with E-state index in [1.54, 1.807) is 19.9 Å². The molecule has 1 fully saturated rings. The third-order valence-electron chi connectivity index (χ3n) is 3.16. The van der Waals surface area contributed by atoms with E-state index in [1.807, 2.05) is 0 Å². The molecule has 6 heteroatoms. The number of aryl methyl sites for hydroxylation is 2. The minimum absolute atomic E-state index is 0.225. The van der Waals surface area contributed by atoms with Gasteiger partial charge in [0.25, 0.3) is 5.91 Å². The minimum Gasteiger partial charge on any atom is -0.479 e. The number of ether oxygens (including phenoxy) is 1. The molecule has 19 heavy (non-hydrogen) atoms. The second-order valence-corrected chi connectivity index (χ2v) is 4.70. The SMILES string of the molecule is Cc1cc(C(=O)NCC2CCC(C(=O)O)O2)c(C)o1. The zero-order valence-corrected chi connectivity index (χ0v) is 10.9. The molecule has 1 aromatic rings. The Hall–Kier alpha value is -1.82. The average molecular weight is 267 g/mol. The number of carboxylic acid groups (broad SMARTS) is 1. The summed E-state index contributed by atoms with van der Waals surface area (Å²) in [5, 5.41) is 11.5. The molecule has 2 N–H and O–H groups in total. The highest BCUT2D eigenvalue weighted by atomic mass is 16.5. The highest BCUT2D eigenvalue weighted by Crippen LogP contribution is 2.19. The molecule has 2 unspecified atom stereocenters. The van der Waals surface area contributed by atoms with Crippen molar-refractivity contribution in [1.29, 1.82) is 0 Å². The van der Waals surface area contributed by atoms with E-state index in [0.717, 1.165) is 0 Å². The van der Waals surface area contributed by atoms with Gasteiger partial charge in [0.05, 0.1) is 11.7 Å². The molecule has 104 valence electrons. The Bertz CT molecular complexity index is 493. The van der Waals surface area contributed by atoms with Crippen LogP contribution in [0, 0.1) is 13.8 Å². The van der Waals surface area contributed by atoms with E-state index in [0.29, 0.717) is 36.5 Å². The number of carbonyl (C=O) groups is 2. The Morgan fingerprint density at radius 1 is 1.42 bits per heavy atom. The molecule has 0 radical (unpaired) electrons. The molecule has 0 saturated carbocycles. The van der Waals surface area contributed by atoms with Gasteiger partial charge in [-0.2, -0.15) is 0 Å². The lowest BCUT2D eigenvalue weighted by Gasteiger charge is -2.11. The van der Waals surface area contributed by atoms with Crippen molar-refractivity contribution in [2.75, 3.05) is 6.54 Å². The Kier molecular flexibility index (Phi) is 3.90. The Morgan fingerprint density at radius 3 is 2.68 bits per heavy atom. The fourth-order valence-corrected chi connectivity index (χ4v) is 2.20. The molecule has 1 saturated heterocycles. The van der Waals surface area contributed by atoms with Crippen LogP contribution in [0.15, 0.2) is 10.5 Å². The number of hydrogen-bond acceptors (Lipinski definition) is 4. The van der Waals surface area contributed by atoms with Crippen LogP contribution in [-0.2, 0) is 9.53 Å². The van der Waals surface area contributed by atoms with E-state index in [-0.39, 0.29) is 12.0 Å². The summed E-state index contributed by atoms with van der Waals surface area (Å²) in [6.45, 7) is 3.82. The summed E-state index contributed by atoms with van der Waals surface area (Å²) in [6.07, 6.45) is 0.138. The van der Waals surface area contributed by atoms with E-state index in [1.165, 1.54) is 0 Å². The van der Waals surface area contributed by atoms with Crippen molar-refractivity contribution in [3.63, 3.8) is 0 Å². The maximum absolute atomic E-state index is 11.9. The third kappa shape index (κ3) is 3.14. The van der Waals surface area contributed by atoms with Gasteiger partial charge < -0.3 is 19.6 Å². The molecule has 0 spiro atoms. The number of hydrogen-bond donors (Lipinski definition) is 2. The Balaban J connectivity index is 1.85. The summed E-state index contributed by atoms with van der Waals surface area (Å²) in [4.78, 5) is 22.6. The molecule has 0 aliphatic carbocycles. The molecule has 2 atom stereocenters. The van der Waals surface area contributed by atoms with Crippen molar-refractivity contribution in [2.45, 2.75) is 38.9 Å². The van der Waals surface area contributed by atoms with E-state index >= 15 is 0 Å². The Labute approximate surface area is 110 Å². The molecule has 2 heterocycles. The molecule has 1 aliphatic heterocycles. The van der Waals surface area contributed by atoms with Crippen molar-refractivity contribution >= 4 is 11.9 Å². The standard InChI is InChI=1S/C13H17NO5/c1-7-5-10(8(2)18-7)12(15)14-6-9-3-4-11(19-9)13(16)17/h5,9,11H,3-4,6H2,1-2H3,(H,14,15)(H,16,17). The van der Waals surface area contributed by atoms with E-state index in [2.05, 4.69) is 5.32 Å². The fraction of sp³-hybridized carbons (Fsp3) is 0.538. The minimum atomic E-state index is -0.949. The van der Waals surface area contributed by atoms with Gasteiger partial charge in [0, 0.05) is 6.54 Å². The molecule has 0 aromatic carbocycles. The monoisotopic (exact) mass is 267 g/mol. The number of carbonyl (C=O) groups excluding carboxylic acids is 1. The van der Waals surface area contributed by atoms with Crippen molar-refractivity contribution in [3.8, 4) is 0 Å². The van der Waals surface area contributed by atoms with Crippen LogP contribution in [0.5, 0.6) is 0 Å². The predicted octanol–water partition coefficient (Wildman–Crippen LogP) is 1.26. The van der Waals surface area contributed by atoms with Crippen LogP contribution in [0.25, 0.3) is 0 Å². The summed E-state index contributed by atoms with van der Waals surface area (Å²) in [5.74, 6) is 0.0864. The quantitative estimate of drug-likeness (QED) is 0.857. The molecular formula is C13H17NO5. The Morgan fingerprint density at radius 2 is 2.16 bits per heavy atom. The lowest BCUT2D eigenvalue weighted by atomic mass is 10.2. The molecule has 2 rings (SSSR count). The fourth-order valence-electron chi connectivity index (χ4n) is 2.20. The zero-order valence-electron chi connectivity index (χ0n) is 10.9. The van der Waals surface area contributed by atoms with Crippen LogP contribution in [0.4, 0.5) is 0 Å². The number of amides is 1. The molecule has 0 bridgehead atoms. The second-order valence-electron chi connectivity index (χ2n) is 4.70. The zero-order chi connectivity index (χ0) is 14.0. The van der Waals surface area contributed by atoms with Crippen LogP contribution in [0.3, 0.4) is 0 Å². The van der Waals surface area contributed by atoms with Gasteiger partial charge in [0.2, 0.25) is 0 Å². The van der Waals surface area contributed by atoms with Crippen LogP contribution < -0.4 is 5.32 Å². The number of carboxylic acids is 1. The molecule has 1 aromatic heterocycles. The number of nitrogens with one attached hydrogen (secondary N) is 1. The number of aliphatic carboxylic acids is 1. The van der Waals surface area contributed by atoms with Crippen LogP contribution in [-0.4, -0.2) is 35.7 Å². The van der Waals surface area contributed by atoms with Crippen molar-refractivity contribution in [3.05, 3.63) is 23.2 Å². The van der Waals surface area contributed by atoms with Crippen molar-refractivity contribution in [2.24, 2.45) is 0 Å². The first-order valence-electron chi connectivity index (χ1n) is 6.21. The molecular weight excluding hydrogens is 250 g/mol. The summed E-state index contributed by atoms with van der Waals surface area (Å²) in [5.41, 5.74) is 0.505. The summed E-state index contributed by atoms with van der Waals surface area (Å²) in [6, 6.07) is 1.68. The first kappa shape index (κ1) is 13.6. The molecule has 6 nitrogen and oxygen atoms in total. The summed E-state index contributed by atoms with van der Waals surface area (Å²) < 4.78 is 10.6. The maximum atomic E-state index is 11.9. The normalized spacial score (nSPS) is 22.4. The second kappa shape index (κ2) is 5.44. The van der Waals surface area contributed by atoms with Gasteiger partial charge in [0.1, 0.15) is 11.5 Å². The van der Waals surface area contributed by atoms with Crippen LogP contribution in [0.2, 0.25) is 0 Å². The van der Waals surface area contributed by atoms with E-state index in [9.17, 15) is 9.59 Å². The van der Waals surface area contributed by atoms with Crippen LogP contribution >= 0.6 is 0 Å². The van der Waals surface area contributed by atoms with Gasteiger partial charge in [-0.1, -0.05) is 0 Å². The summed E-state index contributed by atoms with van der Waals surface area (Å²) in [7, 11) is 0. The van der Waals surface area contributed by atoms with Gasteiger partial charge >= 0.3 is 5.97 Å². The van der Waals surface area contributed by atoms with Crippen molar-refractivity contribution in [1.82, 2.24) is 5.32 Å². The smallest absolute Gasteiger partial charge is 0.332 e.